The van der Waals surface area contributed by atoms with E-state index >= 15 is 0 Å². The first-order valence-electron chi connectivity index (χ1n) is 27.6. The Morgan fingerprint density at radius 2 is 0.833 bits per heavy atom. The van der Waals surface area contributed by atoms with E-state index in [1.165, 1.54) is 74.0 Å². The molecular formula is C56H74Cl2N12O14S4Si2. The Labute approximate surface area is 536 Å². The van der Waals surface area contributed by atoms with Gasteiger partial charge in [-0.1, -0.05) is 86.7 Å². The lowest BCUT2D eigenvalue weighted by Crippen LogP contribution is -2.40. The first-order valence-corrected chi connectivity index (χ1v) is 42.8. The Balaban J connectivity index is 0.000000256. The summed E-state index contributed by atoms with van der Waals surface area (Å²) in [6.07, 6.45) is 1.94. The number of sulfonamides is 2. The summed E-state index contributed by atoms with van der Waals surface area (Å²) in [5, 5.41) is 49.2. The lowest BCUT2D eigenvalue weighted by molar-refractivity contribution is 0.198. The highest BCUT2D eigenvalue weighted by Gasteiger charge is 2.38. The smallest absolute Gasteiger partial charge is 0.246 e. The number of halogens is 2. The number of aliphatic hydroxyl groups excluding tert-OH is 2. The third-order valence-electron chi connectivity index (χ3n) is 13.9. The monoisotopic (exact) mass is 1390 g/mol. The van der Waals surface area contributed by atoms with Crippen LogP contribution in [0.4, 0.5) is 11.9 Å². The highest BCUT2D eigenvalue weighted by atomic mass is 35.5. The summed E-state index contributed by atoms with van der Waals surface area (Å²) < 4.78 is 139. The number of methoxy groups -OCH3 is 4. The van der Waals surface area contributed by atoms with Crippen LogP contribution in [0.3, 0.4) is 0 Å². The lowest BCUT2D eigenvalue weighted by atomic mass is 10.1. The van der Waals surface area contributed by atoms with Crippen molar-refractivity contribution in [3.05, 3.63) is 118 Å². The van der Waals surface area contributed by atoms with E-state index < -0.39 is 79.6 Å². The van der Waals surface area contributed by atoms with Gasteiger partial charge in [-0.05, 0) is 72.8 Å². The van der Waals surface area contributed by atoms with Crippen molar-refractivity contribution in [2.24, 2.45) is 14.1 Å². The topological polar surface area (TPSA) is 317 Å². The third-order valence-corrected chi connectivity index (χ3v) is 23.6. The van der Waals surface area contributed by atoms with E-state index in [-0.39, 0.29) is 67.6 Å². The van der Waals surface area contributed by atoms with Crippen LogP contribution in [0.1, 0.15) is 23.3 Å². The van der Waals surface area contributed by atoms with E-state index in [9.17, 15) is 43.9 Å². The summed E-state index contributed by atoms with van der Waals surface area (Å²) in [4.78, 5) is -0.517. The maximum absolute atomic E-state index is 14.3. The van der Waals surface area contributed by atoms with E-state index in [1.54, 1.807) is 84.4 Å². The predicted molar refractivity (Wildman–Crippen MR) is 351 cm³/mol. The minimum absolute atomic E-state index is 0.0160. The molecule has 8 aromatic rings. The van der Waals surface area contributed by atoms with Crippen LogP contribution in [-0.2, 0) is 53.8 Å². The zero-order chi connectivity index (χ0) is 66.6. The predicted octanol–water partition coefficient (Wildman–Crippen LogP) is 7.90. The van der Waals surface area contributed by atoms with Crippen LogP contribution in [0.2, 0.25) is 61.4 Å². The first-order chi connectivity index (χ1) is 41.9. The van der Waals surface area contributed by atoms with Gasteiger partial charge < -0.3 is 29.2 Å². The standard InChI is InChI=1S/2C28H37ClN6O7S2Si/c2*1-33-14-13-21(32-33)27-30-31-28(35(27)26-23(41-2)9-8-10-24(26)42-3)34(15-16-45(5,6)7)44(39,40)18-22(36)20-12-11-19(29)17-25(20)43(4,37)38/h2*8-14,17,22,36H,15-16,18H2,1-7H3/t2*22-/m10/s1. The van der Waals surface area contributed by atoms with Gasteiger partial charge in [0, 0.05) is 89.4 Å². The average molecular weight is 1390 g/mol. The molecule has 0 aliphatic rings. The quantitative estimate of drug-likeness (QED) is 0.0486. The number of nitrogens with zero attached hydrogens (tertiary/aromatic N) is 12. The van der Waals surface area contributed by atoms with Crippen molar-refractivity contribution in [3.8, 4) is 57.4 Å². The molecule has 0 bridgehead atoms. The largest absolute Gasteiger partial charge is 0.494 e. The van der Waals surface area contributed by atoms with Crippen molar-refractivity contribution >= 4 is 91.0 Å². The molecule has 2 N–H and O–H groups in total. The second-order valence-electron chi connectivity index (χ2n) is 23.4. The molecule has 0 aliphatic carbocycles. The van der Waals surface area contributed by atoms with Crippen molar-refractivity contribution in [2.45, 2.75) is 73.4 Å². The molecule has 4 aromatic carbocycles. The molecule has 4 aromatic heterocycles. The normalized spacial score (nSPS) is 13.1. The molecule has 0 aliphatic heterocycles. The van der Waals surface area contributed by atoms with Crippen LogP contribution in [0.25, 0.3) is 34.4 Å². The number of sulfone groups is 2. The minimum atomic E-state index is -4.40. The molecule has 34 heteroatoms. The second kappa shape index (κ2) is 27.9. The van der Waals surface area contributed by atoms with Crippen LogP contribution in [0.5, 0.6) is 23.0 Å². The van der Waals surface area contributed by atoms with Gasteiger partial charge in [-0.2, -0.15) is 10.2 Å². The Bertz CT molecular complexity index is 4040. The average Bonchev–Trinajstić information content (AvgIpc) is 1.54. The number of anilines is 2. The van der Waals surface area contributed by atoms with Crippen LogP contribution in [-0.4, -0.2) is 175 Å². The number of hydrogen-bond donors (Lipinski definition) is 2. The molecule has 0 saturated heterocycles. The summed E-state index contributed by atoms with van der Waals surface area (Å²) in [5.74, 6) is 0.00616. The zero-order valence-corrected chi connectivity index (χ0v) is 59.0. The maximum Gasteiger partial charge on any atom is 0.246 e. The first kappa shape index (κ1) is 70.6. The molecule has 488 valence electrons. The van der Waals surface area contributed by atoms with Gasteiger partial charge in [-0.15, -0.1) is 20.4 Å². The summed E-state index contributed by atoms with van der Waals surface area (Å²) >= 11 is 12.1. The Kier molecular flexibility index (Phi) is 21.9. The molecule has 26 nitrogen and oxygen atoms in total. The number of aromatic nitrogens is 10. The van der Waals surface area contributed by atoms with Gasteiger partial charge in [0.25, 0.3) is 0 Å². The fourth-order valence-corrected chi connectivity index (χ4v) is 16.9. The van der Waals surface area contributed by atoms with Crippen LogP contribution in [0.15, 0.2) is 107 Å². The summed E-state index contributed by atoms with van der Waals surface area (Å²) in [7, 11) is -10.8. The Morgan fingerprint density at radius 3 is 1.10 bits per heavy atom. The zero-order valence-electron chi connectivity index (χ0n) is 52.2. The molecule has 0 unspecified atom stereocenters. The van der Waals surface area contributed by atoms with E-state index in [1.807, 2.05) is 0 Å². The van der Waals surface area contributed by atoms with Crippen molar-refractivity contribution in [1.29, 1.82) is 0 Å². The fourth-order valence-electron chi connectivity index (χ4n) is 9.36. The Morgan fingerprint density at radius 1 is 0.511 bits per heavy atom. The lowest BCUT2D eigenvalue weighted by Gasteiger charge is -2.28. The summed E-state index contributed by atoms with van der Waals surface area (Å²) in [6.45, 7) is 12.7. The van der Waals surface area contributed by atoms with E-state index in [2.05, 4.69) is 69.9 Å². The van der Waals surface area contributed by atoms with E-state index in [0.717, 1.165) is 21.1 Å². The van der Waals surface area contributed by atoms with Gasteiger partial charge >= 0.3 is 0 Å². The number of benzene rings is 4. The third kappa shape index (κ3) is 16.6. The molecule has 4 heterocycles. The van der Waals surface area contributed by atoms with E-state index in [4.69, 9.17) is 42.1 Å². The van der Waals surface area contributed by atoms with Gasteiger partial charge in [0.2, 0.25) is 31.9 Å². The number of aryl methyl sites for hydroxylation is 2. The molecule has 0 amide bonds. The minimum Gasteiger partial charge on any atom is -0.494 e. The molecule has 0 fully saturated rings. The molecule has 8 rings (SSSR count). The molecule has 0 spiro atoms. The summed E-state index contributed by atoms with van der Waals surface area (Å²) in [6, 6.07) is 22.5. The second-order valence-corrected chi connectivity index (χ2v) is 43.3. The van der Waals surface area contributed by atoms with E-state index in [0.29, 0.717) is 57.8 Å². The van der Waals surface area contributed by atoms with Gasteiger partial charge in [0.1, 0.15) is 45.8 Å². The number of aliphatic hydroxyl groups is 2. The molecule has 0 radical (unpaired) electrons. The molecular weight excluding hydrogens is 1320 g/mol. The van der Waals surface area contributed by atoms with Gasteiger partial charge in [0.05, 0.1) is 61.9 Å². The van der Waals surface area contributed by atoms with Crippen molar-refractivity contribution < 1.29 is 62.8 Å². The molecule has 2 atom stereocenters. The fraction of sp³-hybridized carbons (Fsp3) is 0.393. The number of para-hydroxylation sites is 2. The Hall–Kier alpha value is -6.89. The molecule has 0 saturated carbocycles. The number of rotatable bonds is 26. The van der Waals surface area contributed by atoms with Crippen LogP contribution < -0.4 is 27.6 Å². The maximum atomic E-state index is 14.3. The van der Waals surface area contributed by atoms with Gasteiger partial charge in [-0.3, -0.25) is 18.5 Å². The number of ether oxygens (including phenoxy) is 4. The van der Waals surface area contributed by atoms with Gasteiger partial charge in [-0.25, -0.2) is 42.3 Å². The van der Waals surface area contributed by atoms with Crippen molar-refractivity contribution in [3.63, 3.8) is 0 Å². The van der Waals surface area contributed by atoms with Crippen LogP contribution >= 0.6 is 23.2 Å². The highest BCUT2D eigenvalue weighted by Crippen LogP contribution is 2.42. The van der Waals surface area contributed by atoms with Crippen LogP contribution in [0, 0.1) is 0 Å². The highest BCUT2D eigenvalue weighted by molar-refractivity contribution is 7.93. The number of hydrogen-bond acceptors (Lipinski definition) is 20. The SMILES string of the molecule is COc1cccc(OC)c1-n1c(-c2ccn(C)n2)nnc1N(CC[Si](C)(C)C)S(=O)(=O)C[C@@H](O)c1ccc(Cl)cc1S(C)(=O)=O.COc1cccc(OC)c1-n1c(-c2ccn(C)n2)nnc1N(CC[Si](C)(C)C)S(=O)(=O)C[C@H](O)c1ccc(Cl)cc1S(C)(=O)=O. The van der Waals surface area contributed by atoms with Gasteiger partial charge in [0.15, 0.2) is 31.3 Å². The molecule has 90 heavy (non-hydrogen) atoms. The van der Waals surface area contributed by atoms with Crippen molar-refractivity contribution in [2.75, 3.05) is 74.2 Å². The summed E-state index contributed by atoms with van der Waals surface area (Å²) in [5.41, 5.74) is 1.33. The van der Waals surface area contributed by atoms with Crippen molar-refractivity contribution in [1.82, 2.24) is 49.1 Å².